The van der Waals surface area contributed by atoms with Gasteiger partial charge in [0.25, 0.3) is 0 Å². The lowest BCUT2D eigenvalue weighted by molar-refractivity contribution is 1.19. The monoisotopic (exact) mass is 214 g/mol. The molecule has 0 radical (unpaired) electrons. The van der Waals surface area contributed by atoms with Crippen LogP contribution in [0.25, 0.3) is 0 Å². The number of hydrogen-bond acceptors (Lipinski definition) is 2. The van der Waals surface area contributed by atoms with Crippen molar-refractivity contribution in [2.45, 2.75) is 13.3 Å². The fourth-order valence-electron chi connectivity index (χ4n) is 1.34. The fraction of sp³-hybridized carbons (Fsp3) is 0.143. The maximum atomic E-state index is 5.63. The number of benzene rings is 1. The molecule has 1 rings (SSSR count). The Hall–Kier alpha value is -1.96. The molecule has 0 heterocycles. The molecule has 2 heteroatoms. The lowest BCUT2D eigenvalue weighted by Gasteiger charge is -2.03. The molecule has 0 bridgehead atoms. The minimum absolute atomic E-state index is 0.566. The molecule has 16 heavy (non-hydrogen) atoms. The fourth-order valence-corrected chi connectivity index (χ4v) is 1.34. The Morgan fingerprint density at radius 1 is 1.25 bits per heavy atom. The third-order valence-corrected chi connectivity index (χ3v) is 2.27. The SMILES string of the molecule is C=C(N)/C=C\C(=C/C)Cc1ccc(N)cc1. The predicted molar refractivity (Wildman–Crippen MR) is 70.8 cm³/mol. The Morgan fingerprint density at radius 3 is 2.38 bits per heavy atom. The molecule has 1 aromatic rings. The molecule has 1 aromatic carbocycles. The number of rotatable bonds is 4. The molecule has 0 fully saturated rings. The van der Waals surface area contributed by atoms with E-state index in [1.807, 2.05) is 43.3 Å². The van der Waals surface area contributed by atoms with Crippen molar-refractivity contribution in [1.82, 2.24) is 0 Å². The minimum Gasteiger partial charge on any atom is -0.399 e. The Balaban J connectivity index is 2.71. The molecule has 2 nitrogen and oxygen atoms in total. The Labute approximate surface area is 97.0 Å². The van der Waals surface area contributed by atoms with Gasteiger partial charge in [0.2, 0.25) is 0 Å². The number of hydrogen-bond donors (Lipinski definition) is 2. The molecule has 0 aromatic heterocycles. The second kappa shape index (κ2) is 5.81. The second-order valence-electron chi connectivity index (χ2n) is 3.69. The van der Waals surface area contributed by atoms with Crippen LogP contribution < -0.4 is 11.5 Å². The molecular weight excluding hydrogens is 196 g/mol. The summed E-state index contributed by atoms with van der Waals surface area (Å²) in [7, 11) is 0. The van der Waals surface area contributed by atoms with E-state index in [0.29, 0.717) is 5.70 Å². The zero-order chi connectivity index (χ0) is 12.0. The van der Waals surface area contributed by atoms with Crippen LogP contribution in [0.2, 0.25) is 0 Å². The Kier molecular flexibility index (Phi) is 4.40. The Bertz CT molecular complexity index is 411. The van der Waals surface area contributed by atoms with Crippen LogP contribution in [0.1, 0.15) is 12.5 Å². The quantitative estimate of drug-likeness (QED) is 0.598. The minimum atomic E-state index is 0.566. The van der Waals surface area contributed by atoms with E-state index < -0.39 is 0 Å². The van der Waals surface area contributed by atoms with Gasteiger partial charge in [0, 0.05) is 11.4 Å². The van der Waals surface area contributed by atoms with Crippen LogP contribution in [0.5, 0.6) is 0 Å². The summed E-state index contributed by atoms with van der Waals surface area (Å²) < 4.78 is 0. The van der Waals surface area contributed by atoms with Gasteiger partial charge in [0.15, 0.2) is 0 Å². The highest BCUT2D eigenvalue weighted by atomic mass is 14.5. The summed E-state index contributed by atoms with van der Waals surface area (Å²) in [6, 6.07) is 7.89. The first-order valence-corrected chi connectivity index (χ1v) is 5.24. The van der Waals surface area contributed by atoms with E-state index >= 15 is 0 Å². The summed E-state index contributed by atoms with van der Waals surface area (Å²) in [6.45, 7) is 5.64. The van der Waals surface area contributed by atoms with Crippen LogP contribution in [0, 0.1) is 0 Å². The van der Waals surface area contributed by atoms with Gasteiger partial charge < -0.3 is 11.5 Å². The van der Waals surface area contributed by atoms with Gasteiger partial charge in [-0.3, -0.25) is 0 Å². The van der Waals surface area contributed by atoms with Crippen LogP contribution in [-0.2, 0) is 6.42 Å². The zero-order valence-corrected chi connectivity index (χ0v) is 9.61. The van der Waals surface area contributed by atoms with E-state index in [-0.39, 0.29) is 0 Å². The van der Waals surface area contributed by atoms with Gasteiger partial charge in [-0.05, 0) is 42.7 Å². The summed E-state index contributed by atoms with van der Waals surface area (Å²) in [6.07, 6.45) is 6.74. The van der Waals surface area contributed by atoms with Gasteiger partial charge in [-0.25, -0.2) is 0 Å². The van der Waals surface area contributed by atoms with E-state index in [9.17, 15) is 0 Å². The first kappa shape index (κ1) is 12.1. The number of nitrogens with two attached hydrogens (primary N) is 2. The standard InChI is InChI=1S/C14H18N2/c1-3-12(5-4-11(2)15)10-13-6-8-14(16)9-7-13/h3-9H,2,10,15-16H2,1H3/b5-4-,12-3+. The van der Waals surface area contributed by atoms with Crippen LogP contribution in [0.3, 0.4) is 0 Å². The molecule has 0 spiro atoms. The van der Waals surface area contributed by atoms with E-state index in [1.165, 1.54) is 11.1 Å². The third-order valence-electron chi connectivity index (χ3n) is 2.27. The van der Waals surface area contributed by atoms with Crippen molar-refractivity contribution in [3.8, 4) is 0 Å². The smallest absolute Gasteiger partial charge is 0.0314 e. The second-order valence-corrected chi connectivity index (χ2v) is 3.69. The first-order chi connectivity index (χ1) is 7.61. The molecule has 0 saturated heterocycles. The molecule has 0 unspecified atom stereocenters. The lowest BCUT2D eigenvalue weighted by Crippen LogP contribution is -1.92. The maximum absolute atomic E-state index is 5.63. The van der Waals surface area contributed by atoms with Crippen molar-refractivity contribution in [3.63, 3.8) is 0 Å². The van der Waals surface area contributed by atoms with Crippen molar-refractivity contribution >= 4 is 5.69 Å². The van der Waals surface area contributed by atoms with Crippen molar-refractivity contribution in [2.75, 3.05) is 5.73 Å². The van der Waals surface area contributed by atoms with Crippen LogP contribution in [0.15, 0.2) is 60.3 Å². The molecular formula is C14H18N2. The average Bonchev–Trinajstić information content (AvgIpc) is 2.26. The summed E-state index contributed by atoms with van der Waals surface area (Å²) in [5.41, 5.74) is 14.9. The maximum Gasteiger partial charge on any atom is 0.0314 e. The largest absolute Gasteiger partial charge is 0.399 e. The summed E-state index contributed by atoms with van der Waals surface area (Å²) in [5, 5.41) is 0. The van der Waals surface area contributed by atoms with Gasteiger partial charge >= 0.3 is 0 Å². The molecule has 4 N–H and O–H groups in total. The van der Waals surface area contributed by atoms with Gasteiger partial charge in [-0.1, -0.05) is 30.9 Å². The van der Waals surface area contributed by atoms with Gasteiger partial charge in [-0.2, -0.15) is 0 Å². The number of allylic oxidation sites excluding steroid dienone is 4. The van der Waals surface area contributed by atoms with Crippen LogP contribution >= 0.6 is 0 Å². The molecule has 0 atom stereocenters. The number of nitrogen functional groups attached to an aromatic ring is 1. The topological polar surface area (TPSA) is 52.0 Å². The van der Waals surface area contributed by atoms with Gasteiger partial charge in [0.1, 0.15) is 0 Å². The van der Waals surface area contributed by atoms with E-state index in [0.717, 1.165) is 12.1 Å². The highest BCUT2D eigenvalue weighted by molar-refractivity contribution is 5.41. The lowest BCUT2D eigenvalue weighted by atomic mass is 10.0. The van der Waals surface area contributed by atoms with Crippen molar-refractivity contribution in [1.29, 1.82) is 0 Å². The Morgan fingerprint density at radius 2 is 1.88 bits per heavy atom. The third kappa shape index (κ3) is 4.05. The highest BCUT2D eigenvalue weighted by Gasteiger charge is 1.95. The van der Waals surface area contributed by atoms with Crippen molar-refractivity contribution in [2.24, 2.45) is 5.73 Å². The molecule has 0 aliphatic heterocycles. The molecule has 0 amide bonds. The number of anilines is 1. The highest BCUT2D eigenvalue weighted by Crippen LogP contribution is 2.12. The van der Waals surface area contributed by atoms with Gasteiger partial charge in [-0.15, -0.1) is 0 Å². The predicted octanol–water partition coefficient (Wildman–Crippen LogP) is 2.79. The van der Waals surface area contributed by atoms with Crippen molar-refractivity contribution in [3.05, 3.63) is 65.9 Å². The van der Waals surface area contributed by atoms with Crippen LogP contribution in [-0.4, -0.2) is 0 Å². The van der Waals surface area contributed by atoms with Gasteiger partial charge in [0.05, 0.1) is 0 Å². The summed E-state index contributed by atoms with van der Waals surface area (Å²) in [5.74, 6) is 0. The zero-order valence-electron chi connectivity index (χ0n) is 9.61. The summed E-state index contributed by atoms with van der Waals surface area (Å²) in [4.78, 5) is 0. The summed E-state index contributed by atoms with van der Waals surface area (Å²) >= 11 is 0. The van der Waals surface area contributed by atoms with Crippen LogP contribution in [0.4, 0.5) is 5.69 Å². The normalized spacial score (nSPS) is 11.9. The molecule has 84 valence electrons. The molecule has 0 aliphatic rings. The van der Waals surface area contributed by atoms with E-state index in [2.05, 4.69) is 12.7 Å². The first-order valence-electron chi connectivity index (χ1n) is 5.24. The van der Waals surface area contributed by atoms with E-state index in [1.54, 1.807) is 0 Å². The molecule has 0 aliphatic carbocycles. The van der Waals surface area contributed by atoms with E-state index in [4.69, 9.17) is 11.5 Å². The average molecular weight is 214 g/mol. The molecule has 0 saturated carbocycles. The van der Waals surface area contributed by atoms with Crippen molar-refractivity contribution < 1.29 is 0 Å².